The normalized spacial score (nSPS) is 16.2. The van der Waals surface area contributed by atoms with Gasteiger partial charge in [-0.25, -0.2) is 9.80 Å². The summed E-state index contributed by atoms with van der Waals surface area (Å²) < 4.78 is 0. The van der Waals surface area contributed by atoms with Crippen molar-refractivity contribution in [3.05, 3.63) is 59.1 Å². The Kier molecular flexibility index (Phi) is 7.71. The van der Waals surface area contributed by atoms with E-state index >= 15 is 0 Å². The zero-order valence-corrected chi connectivity index (χ0v) is 18.4. The summed E-state index contributed by atoms with van der Waals surface area (Å²) in [6, 6.07) is 15.3. The molecule has 0 radical (unpaired) electrons. The van der Waals surface area contributed by atoms with Crippen molar-refractivity contribution in [3.63, 3.8) is 0 Å². The van der Waals surface area contributed by atoms with Gasteiger partial charge < -0.3 is 5.32 Å². The molecule has 0 spiro atoms. The summed E-state index contributed by atoms with van der Waals surface area (Å²) in [4.78, 5) is 13.9. The lowest BCUT2D eigenvalue weighted by atomic mass is 9.95. The molecule has 0 bridgehead atoms. The Morgan fingerprint density at radius 3 is 2.57 bits per heavy atom. The number of thioether (sulfide) groups is 2. The van der Waals surface area contributed by atoms with Gasteiger partial charge in [-0.3, -0.25) is 0 Å². The minimum Gasteiger partial charge on any atom is -0.306 e. The van der Waals surface area contributed by atoms with E-state index in [9.17, 15) is 4.79 Å². The van der Waals surface area contributed by atoms with Crippen molar-refractivity contribution in [1.29, 1.82) is 0 Å². The second-order valence-corrected chi connectivity index (χ2v) is 9.13. The average Bonchev–Trinajstić information content (AvgIpc) is 3.14. The Balaban J connectivity index is 1.74. The number of hydrazone groups is 1. The first-order valence-electron chi connectivity index (χ1n) is 9.25. The van der Waals surface area contributed by atoms with Gasteiger partial charge in [-0.05, 0) is 66.1 Å². The van der Waals surface area contributed by atoms with Crippen LogP contribution >= 0.6 is 35.1 Å². The van der Waals surface area contributed by atoms with E-state index in [-0.39, 0.29) is 11.9 Å². The maximum absolute atomic E-state index is 12.8. The lowest BCUT2D eigenvalue weighted by Crippen LogP contribution is -2.30. The van der Waals surface area contributed by atoms with Crippen LogP contribution in [0, 0.1) is 5.92 Å². The molecule has 2 aromatic carbocycles. The Morgan fingerprint density at radius 2 is 1.93 bits per heavy atom. The molecule has 7 heteroatoms. The predicted octanol–water partition coefficient (Wildman–Crippen LogP) is 6.07. The van der Waals surface area contributed by atoms with Crippen LogP contribution in [-0.4, -0.2) is 41.1 Å². The van der Waals surface area contributed by atoms with Crippen molar-refractivity contribution in [2.45, 2.75) is 18.2 Å². The lowest BCUT2D eigenvalue weighted by Gasteiger charge is -2.15. The Bertz CT molecular complexity index is 825. The molecule has 0 saturated heterocycles. The maximum atomic E-state index is 12.8. The van der Waals surface area contributed by atoms with Gasteiger partial charge in [-0.15, -0.1) is 11.8 Å². The number of urea groups is 1. The van der Waals surface area contributed by atoms with Crippen molar-refractivity contribution in [3.8, 4) is 0 Å². The molecular formula is C21H24ClN3OS2. The van der Waals surface area contributed by atoms with E-state index in [0.717, 1.165) is 39.8 Å². The third kappa shape index (κ3) is 5.46. The maximum Gasteiger partial charge on any atom is 0.342 e. The third-order valence-electron chi connectivity index (χ3n) is 4.54. The van der Waals surface area contributed by atoms with Gasteiger partial charge in [0.15, 0.2) is 0 Å². The monoisotopic (exact) mass is 433 g/mol. The van der Waals surface area contributed by atoms with Crippen LogP contribution in [0.4, 0.5) is 10.5 Å². The molecule has 4 nitrogen and oxygen atoms in total. The molecule has 1 atom stereocenters. The number of hydrogen-bond donors (Lipinski definition) is 1. The first kappa shape index (κ1) is 21.1. The van der Waals surface area contributed by atoms with E-state index in [2.05, 4.69) is 17.3 Å². The fourth-order valence-electron chi connectivity index (χ4n) is 3.05. The summed E-state index contributed by atoms with van der Waals surface area (Å²) in [5.41, 5.74) is 2.76. The fourth-order valence-corrected chi connectivity index (χ4v) is 4.32. The molecule has 0 fully saturated rings. The Labute approximate surface area is 180 Å². The quantitative estimate of drug-likeness (QED) is 0.425. The molecular weight excluding hydrogens is 410 g/mol. The highest BCUT2D eigenvalue weighted by atomic mass is 35.5. The molecule has 3 rings (SSSR count). The molecule has 1 aliphatic heterocycles. The standard InChI is InChI=1S/C21H24ClN3OS2/c1-3-28-13-12-16-14-25(24-20(16)15-4-6-17(22)7-5-15)21(26)23-18-8-10-19(27-2)11-9-18/h4-11,16H,3,12-14H2,1-2H3,(H,23,26). The number of carbonyl (C=O) groups excluding carboxylic acids is 1. The SMILES string of the molecule is CCSCCC1CN(C(=O)Nc2ccc(SC)cc2)N=C1c1ccc(Cl)cc1. The van der Waals surface area contributed by atoms with Gasteiger partial charge in [0.05, 0.1) is 12.3 Å². The van der Waals surface area contributed by atoms with Crippen LogP contribution in [0.3, 0.4) is 0 Å². The number of anilines is 1. The number of amides is 2. The van der Waals surface area contributed by atoms with Gasteiger partial charge in [-0.1, -0.05) is 30.7 Å². The number of nitrogens with zero attached hydrogens (tertiary/aromatic N) is 2. The predicted molar refractivity (Wildman–Crippen MR) is 123 cm³/mol. The zero-order valence-electron chi connectivity index (χ0n) is 16.0. The van der Waals surface area contributed by atoms with Crippen LogP contribution in [0.25, 0.3) is 0 Å². The van der Waals surface area contributed by atoms with Gasteiger partial charge in [-0.2, -0.15) is 16.9 Å². The summed E-state index contributed by atoms with van der Waals surface area (Å²) in [6.45, 7) is 2.76. The minimum absolute atomic E-state index is 0.200. The molecule has 1 unspecified atom stereocenters. The Morgan fingerprint density at radius 1 is 1.21 bits per heavy atom. The number of halogens is 1. The molecule has 148 valence electrons. The van der Waals surface area contributed by atoms with Gasteiger partial charge in [0.1, 0.15) is 0 Å². The highest BCUT2D eigenvalue weighted by molar-refractivity contribution is 7.99. The summed E-state index contributed by atoms with van der Waals surface area (Å²) in [7, 11) is 0. The van der Waals surface area contributed by atoms with Crippen molar-refractivity contribution in [2.24, 2.45) is 11.0 Å². The van der Waals surface area contributed by atoms with Crippen molar-refractivity contribution < 1.29 is 4.79 Å². The van der Waals surface area contributed by atoms with E-state index in [1.807, 2.05) is 66.5 Å². The molecule has 1 aliphatic rings. The van der Waals surface area contributed by atoms with Crippen LogP contribution in [0.1, 0.15) is 18.9 Å². The molecule has 2 amide bonds. The Hall–Kier alpha value is -1.63. The molecule has 0 aromatic heterocycles. The van der Waals surface area contributed by atoms with Gasteiger partial charge in [0.25, 0.3) is 0 Å². The summed E-state index contributed by atoms with van der Waals surface area (Å²) >= 11 is 9.62. The van der Waals surface area contributed by atoms with E-state index in [0.29, 0.717) is 11.6 Å². The van der Waals surface area contributed by atoms with Crippen molar-refractivity contribution >= 4 is 52.6 Å². The third-order valence-corrected chi connectivity index (χ3v) is 6.47. The fraction of sp³-hybridized carbons (Fsp3) is 0.333. The molecule has 0 saturated carbocycles. The summed E-state index contributed by atoms with van der Waals surface area (Å²) in [6.07, 6.45) is 3.02. The molecule has 1 N–H and O–H groups in total. The van der Waals surface area contributed by atoms with Crippen molar-refractivity contribution in [2.75, 3.05) is 29.6 Å². The van der Waals surface area contributed by atoms with E-state index in [1.165, 1.54) is 0 Å². The highest BCUT2D eigenvalue weighted by Gasteiger charge is 2.30. The first-order chi connectivity index (χ1) is 13.6. The van der Waals surface area contributed by atoms with Crippen LogP contribution in [0.5, 0.6) is 0 Å². The minimum atomic E-state index is -0.200. The van der Waals surface area contributed by atoms with Gasteiger partial charge in [0, 0.05) is 21.5 Å². The second kappa shape index (κ2) is 10.2. The second-order valence-electron chi connectivity index (χ2n) is 6.42. The average molecular weight is 434 g/mol. The smallest absolute Gasteiger partial charge is 0.306 e. The number of hydrogen-bond acceptors (Lipinski definition) is 4. The first-order valence-corrected chi connectivity index (χ1v) is 12.0. The number of benzene rings is 2. The van der Waals surface area contributed by atoms with Gasteiger partial charge in [0.2, 0.25) is 0 Å². The van der Waals surface area contributed by atoms with E-state index in [1.54, 1.807) is 16.8 Å². The number of rotatable bonds is 7. The van der Waals surface area contributed by atoms with Gasteiger partial charge >= 0.3 is 6.03 Å². The molecule has 1 heterocycles. The van der Waals surface area contributed by atoms with Crippen LogP contribution in [-0.2, 0) is 0 Å². The number of carbonyl (C=O) groups is 1. The lowest BCUT2D eigenvalue weighted by molar-refractivity contribution is 0.215. The van der Waals surface area contributed by atoms with Crippen LogP contribution in [0.2, 0.25) is 5.02 Å². The zero-order chi connectivity index (χ0) is 19.9. The largest absolute Gasteiger partial charge is 0.342 e. The summed E-state index contributed by atoms with van der Waals surface area (Å²) in [5.74, 6) is 2.38. The van der Waals surface area contributed by atoms with E-state index in [4.69, 9.17) is 11.6 Å². The topological polar surface area (TPSA) is 44.7 Å². The number of nitrogens with one attached hydrogen (secondary N) is 1. The van der Waals surface area contributed by atoms with Crippen LogP contribution < -0.4 is 5.32 Å². The van der Waals surface area contributed by atoms with E-state index < -0.39 is 0 Å². The molecule has 0 aliphatic carbocycles. The summed E-state index contributed by atoms with van der Waals surface area (Å²) in [5, 5.41) is 9.86. The molecule has 2 aromatic rings. The van der Waals surface area contributed by atoms with Crippen molar-refractivity contribution in [1.82, 2.24) is 5.01 Å². The van der Waals surface area contributed by atoms with Crippen LogP contribution in [0.15, 0.2) is 58.5 Å². The molecule has 28 heavy (non-hydrogen) atoms. The highest BCUT2D eigenvalue weighted by Crippen LogP contribution is 2.26.